The minimum absolute atomic E-state index is 0.251. The van der Waals surface area contributed by atoms with Gasteiger partial charge in [-0.05, 0) is 31.0 Å². The third kappa shape index (κ3) is 2.47. The quantitative estimate of drug-likeness (QED) is 0.924. The van der Waals surface area contributed by atoms with Gasteiger partial charge >= 0.3 is 6.03 Å². The smallest absolute Gasteiger partial charge is 0.331 e. The molecule has 0 radical (unpaired) electrons. The second-order valence-corrected chi connectivity index (χ2v) is 6.20. The normalized spacial score (nSPS) is 20.0. The van der Waals surface area contributed by atoms with Gasteiger partial charge in [-0.1, -0.05) is 31.5 Å². The molecular weight excluding hydrogens is 316 g/mol. The Kier molecular flexibility index (Phi) is 4.02. The van der Waals surface area contributed by atoms with E-state index >= 15 is 0 Å². The third-order valence-corrected chi connectivity index (χ3v) is 4.90. The maximum absolute atomic E-state index is 12.4. The Morgan fingerprint density at radius 2 is 2.04 bits per heavy atom. The first kappa shape index (κ1) is 15.8. The van der Waals surface area contributed by atoms with Gasteiger partial charge in [0.05, 0.1) is 0 Å². The highest BCUT2D eigenvalue weighted by Crippen LogP contribution is 2.35. The maximum Gasteiger partial charge on any atom is 0.331 e. The SMILES string of the molecule is CCC1(CC)C(=O)NC(=O)N2CN(c3cccc(Cl)c3)CN=C21. The van der Waals surface area contributed by atoms with Crippen LogP contribution in [-0.2, 0) is 4.79 Å². The summed E-state index contributed by atoms with van der Waals surface area (Å²) in [5.41, 5.74) is 0.164. The molecule has 1 aromatic rings. The van der Waals surface area contributed by atoms with Crippen LogP contribution in [0.15, 0.2) is 29.3 Å². The summed E-state index contributed by atoms with van der Waals surface area (Å²) in [4.78, 5) is 32.7. The summed E-state index contributed by atoms with van der Waals surface area (Å²) in [6.45, 7) is 4.64. The number of imide groups is 1. The van der Waals surface area contributed by atoms with Crippen molar-refractivity contribution in [3.63, 3.8) is 0 Å². The van der Waals surface area contributed by atoms with Crippen molar-refractivity contribution in [1.82, 2.24) is 10.2 Å². The molecular formula is C16H19ClN4O2. The zero-order valence-corrected chi connectivity index (χ0v) is 13.9. The second-order valence-electron chi connectivity index (χ2n) is 5.76. The topological polar surface area (TPSA) is 65.0 Å². The Morgan fingerprint density at radius 1 is 1.30 bits per heavy atom. The summed E-state index contributed by atoms with van der Waals surface area (Å²) in [7, 11) is 0. The number of nitrogens with one attached hydrogen (secondary N) is 1. The van der Waals surface area contributed by atoms with Gasteiger partial charge in [0.2, 0.25) is 5.91 Å². The number of amidine groups is 1. The monoisotopic (exact) mass is 334 g/mol. The number of benzene rings is 1. The zero-order chi connectivity index (χ0) is 16.6. The van der Waals surface area contributed by atoms with Crippen molar-refractivity contribution in [3.8, 4) is 0 Å². The first-order valence-electron chi connectivity index (χ1n) is 7.70. The lowest BCUT2D eigenvalue weighted by Gasteiger charge is -2.46. The molecule has 1 aromatic carbocycles. The molecule has 1 fully saturated rings. The van der Waals surface area contributed by atoms with Crippen molar-refractivity contribution in [2.75, 3.05) is 18.2 Å². The van der Waals surface area contributed by atoms with Crippen LogP contribution in [0.25, 0.3) is 0 Å². The Balaban J connectivity index is 1.97. The molecule has 0 spiro atoms. The van der Waals surface area contributed by atoms with Crippen LogP contribution in [0, 0.1) is 5.41 Å². The summed E-state index contributed by atoms with van der Waals surface area (Å²) in [5, 5.41) is 3.10. The molecule has 23 heavy (non-hydrogen) atoms. The van der Waals surface area contributed by atoms with E-state index in [1.54, 1.807) is 11.0 Å². The minimum Gasteiger partial charge on any atom is -0.334 e. The van der Waals surface area contributed by atoms with Crippen LogP contribution >= 0.6 is 11.6 Å². The maximum atomic E-state index is 12.4. The number of urea groups is 1. The molecule has 3 amide bonds. The lowest BCUT2D eigenvalue weighted by molar-refractivity contribution is -0.128. The first-order valence-corrected chi connectivity index (χ1v) is 8.08. The Labute approximate surface area is 140 Å². The zero-order valence-electron chi connectivity index (χ0n) is 13.2. The number of nitrogens with zero attached hydrogens (tertiary/aromatic N) is 3. The number of hydrogen-bond donors (Lipinski definition) is 1. The number of hydrogen-bond acceptors (Lipinski definition) is 4. The van der Waals surface area contributed by atoms with Crippen LogP contribution in [0.2, 0.25) is 5.02 Å². The van der Waals surface area contributed by atoms with E-state index in [1.165, 1.54) is 0 Å². The molecule has 0 saturated carbocycles. The van der Waals surface area contributed by atoms with Crippen molar-refractivity contribution >= 4 is 35.1 Å². The molecule has 0 unspecified atom stereocenters. The summed E-state index contributed by atoms with van der Waals surface area (Å²) in [5.74, 6) is 0.327. The number of carbonyl (C=O) groups excluding carboxylic acids is 2. The number of fused-ring (bicyclic) bond motifs is 1. The number of amides is 3. The van der Waals surface area contributed by atoms with Crippen LogP contribution in [0.4, 0.5) is 10.5 Å². The molecule has 1 N–H and O–H groups in total. The molecule has 122 valence electrons. The van der Waals surface area contributed by atoms with Gasteiger partial charge in [0, 0.05) is 10.7 Å². The van der Waals surface area contributed by atoms with Crippen molar-refractivity contribution < 1.29 is 9.59 Å². The molecule has 3 rings (SSSR count). The van der Waals surface area contributed by atoms with Crippen molar-refractivity contribution in [2.24, 2.45) is 10.4 Å². The molecule has 6 nitrogen and oxygen atoms in total. The lowest BCUT2D eigenvalue weighted by atomic mass is 9.78. The van der Waals surface area contributed by atoms with E-state index in [2.05, 4.69) is 10.3 Å². The van der Waals surface area contributed by atoms with Crippen LogP contribution in [0.3, 0.4) is 0 Å². The predicted octanol–water partition coefficient (Wildman–Crippen LogP) is 2.83. The van der Waals surface area contributed by atoms with Gasteiger partial charge in [0.15, 0.2) is 0 Å². The second kappa shape index (κ2) is 5.85. The van der Waals surface area contributed by atoms with Gasteiger partial charge in [-0.3, -0.25) is 15.0 Å². The van der Waals surface area contributed by atoms with E-state index in [0.717, 1.165) is 5.69 Å². The Hall–Kier alpha value is -2.08. The largest absolute Gasteiger partial charge is 0.334 e. The molecule has 0 atom stereocenters. The molecule has 7 heteroatoms. The van der Waals surface area contributed by atoms with Crippen molar-refractivity contribution in [3.05, 3.63) is 29.3 Å². The highest BCUT2D eigenvalue weighted by atomic mass is 35.5. The fourth-order valence-electron chi connectivity index (χ4n) is 3.20. The van der Waals surface area contributed by atoms with E-state index in [0.29, 0.717) is 37.0 Å². The third-order valence-electron chi connectivity index (χ3n) is 4.67. The van der Waals surface area contributed by atoms with E-state index in [9.17, 15) is 9.59 Å². The Bertz CT molecular complexity index is 684. The van der Waals surface area contributed by atoms with Gasteiger partial charge in [-0.15, -0.1) is 0 Å². The summed E-state index contributed by atoms with van der Waals surface area (Å²) >= 11 is 6.04. The van der Waals surface area contributed by atoms with E-state index in [-0.39, 0.29) is 5.91 Å². The molecule has 2 heterocycles. The summed E-state index contributed by atoms with van der Waals surface area (Å²) in [6.07, 6.45) is 1.21. The molecule has 0 aliphatic carbocycles. The fraction of sp³-hybridized carbons (Fsp3) is 0.438. The van der Waals surface area contributed by atoms with Crippen molar-refractivity contribution in [2.45, 2.75) is 26.7 Å². The predicted molar refractivity (Wildman–Crippen MR) is 89.5 cm³/mol. The van der Waals surface area contributed by atoms with Gasteiger partial charge in [-0.2, -0.15) is 0 Å². The molecule has 1 saturated heterocycles. The number of aliphatic imine (C=N–C) groups is 1. The highest BCUT2D eigenvalue weighted by Gasteiger charge is 2.50. The van der Waals surface area contributed by atoms with Crippen LogP contribution < -0.4 is 10.2 Å². The minimum atomic E-state index is -0.728. The van der Waals surface area contributed by atoms with Crippen LogP contribution in [0.5, 0.6) is 0 Å². The average molecular weight is 335 g/mol. The standard InChI is InChI=1S/C16H19ClN4O2/c1-3-16(4-2)13-18-9-20(12-7-5-6-11(17)8-12)10-21(13)15(23)19-14(16)22/h5-8H,3-4,9-10H2,1-2H3,(H,19,22,23). The van der Waals surface area contributed by atoms with Gasteiger partial charge in [-0.25, -0.2) is 9.79 Å². The first-order chi connectivity index (χ1) is 11.0. The molecule has 2 aliphatic rings. The van der Waals surface area contributed by atoms with Gasteiger partial charge in [0.1, 0.15) is 24.6 Å². The number of carbonyl (C=O) groups is 2. The number of halogens is 1. The van der Waals surface area contributed by atoms with Crippen molar-refractivity contribution in [1.29, 1.82) is 0 Å². The van der Waals surface area contributed by atoms with E-state index in [1.807, 2.05) is 36.9 Å². The lowest BCUT2D eigenvalue weighted by Crippen LogP contribution is -2.67. The highest BCUT2D eigenvalue weighted by molar-refractivity contribution is 6.30. The average Bonchev–Trinajstić information content (AvgIpc) is 2.56. The van der Waals surface area contributed by atoms with Gasteiger partial charge < -0.3 is 4.90 Å². The molecule has 2 aliphatic heterocycles. The summed E-state index contributed by atoms with van der Waals surface area (Å²) < 4.78 is 0. The fourth-order valence-corrected chi connectivity index (χ4v) is 3.38. The molecule has 0 aromatic heterocycles. The van der Waals surface area contributed by atoms with Crippen LogP contribution in [0.1, 0.15) is 26.7 Å². The molecule has 0 bridgehead atoms. The number of rotatable bonds is 3. The summed E-state index contributed by atoms with van der Waals surface area (Å²) in [6, 6.07) is 7.00. The van der Waals surface area contributed by atoms with Crippen LogP contribution in [-0.4, -0.2) is 36.0 Å². The Morgan fingerprint density at radius 3 is 2.70 bits per heavy atom. The van der Waals surface area contributed by atoms with E-state index < -0.39 is 11.4 Å². The number of anilines is 1. The van der Waals surface area contributed by atoms with Gasteiger partial charge in [0.25, 0.3) is 0 Å². The van der Waals surface area contributed by atoms with E-state index in [4.69, 9.17) is 11.6 Å².